The van der Waals surface area contributed by atoms with Gasteiger partial charge in [0.2, 0.25) is 0 Å². The second-order valence-corrected chi connectivity index (χ2v) is 14.6. The Balaban J connectivity index is 1.78. The van der Waals surface area contributed by atoms with Crippen molar-refractivity contribution < 1.29 is 29.0 Å². The molecule has 1 unspecified atom stereocenters. The van der Waals surface area contributed by atoms with Crippen LogP contribution in [0.25, 0.3) is 0 Å². The highest BCUT2D eigenvalue weighted by atomic mass is 16.5. The van der Waals surface area contributed by atoms with Crippen molar-refractivity contribution in [1.82, 2.24) is 5.43 Å². The summed E-state index contributed by atoms with van der Waals surface area (Å²) in [4.78, 5) is 37.8. The quantitative estimate of drug-likeness (QED) is 0.0893. The van der Waals surface area contributed by atoms with E-state index in [2.05, 4.69) is 39.2 Å². The van der Waals surface area contributed by atoms with Crippen LogP contribution in [0.5, 0.6) is 0 Å². The van der Waals surface area contributed by atoms with Gasteiger partial charge in [-0.05, 0) is 111 Å². The number of rotatable bonds is 7. The summed E-state index contributed by atoms with van der Waals surface area (Å²) >= 11 is 0. The lowest BCUT2D eigenvalue weighted by Crippen LogP contribution is -2.65. The Labute approximate surface area is 252 Å². The summed E-state index contributed by atoms with van der Waals surface area (Å²) < 4.78 is 11.9. The smallest absolute Gasteiger partial charge is 0.305 e. The Kier molecular flexibility index (Phi) is 9.40. The van der Waals surface area contributed by atoms with Crippen LogP contribution < -0.4 is 11.3 Å². The lowest BCUT2D eigenvalue weighted by atomic mass is 9.36. The first kappa shape index (κ1) is 32.7. The fourth-order valence-corrected chi connectivity index (χ4v) is 10.3. The molecule has 0 aromatic carbocycles. The van der Waals surface area contributed by atoms with E-state index in [1.54, 1.807) is 0 Å². The van der Waals surface area contributed by atoms with Gasteiger partial charge in [0, 0.05) is 18.9 Å². The molecule has 0 aromatic rings. The lowest BCUT2D eigenvalue weighted by molar-refractivity contribution is -0.236. The maximum Gasteiger partial charge on any atom is 0.305 e. The van der Waals surface area contributed by atoms with Crippen LogP contribution in [0.3, 0.4) is 0 Å². The van der Waals surface area contributed by atoms with Crippen LogP contribution in [0.4, 0.5) is 0 Å². The fraction of sp³-hybridized carbons (Fsp3) is 0.794. The molecule has 236 valence electrons. The number of aliphatic hydroxyl groups excluding tert-OH is 1. The predicted octanol–water partition coefficient (Wildman–Crippen LogP) is 5.53. The SMILES string of the molecule is CCC(=O)O[C@@H]1CC[C@]2(C)C3[C@H](O)C[C@H]4/C(=C(\CCC=C(C)C)C(=O)NN)[C@@H](OC(C)=O)C[C@]4(C)[C@@]3(C)CC[C@H]2[C@@H]1C. The molecule has 0 radical (unpaired) electrons. The molecule has 4 aliphatic rings. The molecule has 0 aromatic heterocycles. The predicted molar refractivity (Wildman–Crippen MR) is 161 cm³/mol. The van der Waals surface area contributed by atoms with Crippen molar-refractivity contribution in [3.8, 4) is 0 Å². The van der Waals surface area contributed by atoms with Crippen molar-refractivity contribution in [1.29, 1.82) is 0 Å². The third-order valence-corrected chi connectivity index (χ3v) is 12.3. The third kappa shape index (κ3) is 5.36. The summed E-state index contributed by atoms with van der Waals surface area (Å²) in [6, 6.07) is 0. The van der Waals surface area contributed by atoms with Gasteiger partial charge >= 0.3 is 11.9 Å². The summed E-state index contributed by atoms with van der Waals surface area (Å²) in [6.45, 7) is 16.5. The van der Waals surface area contributed by atoms with Gasteiger partial charge in [-0.25, -0.2) is 5.84 Å². The van der Waals surface area contributed by atoms with Gasteiger partial charge < -0.3 is 14.6 Å². The van der Waals surface area contributed by atoms with E-state index < -0.39 is 12.2 Å². The van der Waals surface area contributed by atoms with Gasteiger partial charge in [-0.3, -0.25) is 19.8 Å². The van der Waals surface area contributed by atoms with Gasteiger partial charge in [-0.15, -0.1) is 0 Å². The van der Waals surface area contributed by atoms with Crippen LogP contribution in [-0.4, -0.2) is 41.3 Å². The molecule has 8 nitrogen and oxygen atoms in total. The second-order valence-electron chi connectivity index (χ2n) is 14.6. The number of esters is 2. The maximum absolute atomic E-state index is 13.3. The van der Waals surface area contributed by atoms with E-state index in [-0.39, 0.29) is 57.9 Å². The molecule has 4 N–H and O–H groups in total. The Bertz CT molecular complexity index is 1140. The summed E-state index contributed by atoms with van der Waals surface area (Å²) in [6.07, 6.45) is 7.15. The number of carbonyl (C=O) groups excluding carboxylic acids is 3. The van der Waals surface area contributed by atoms with Gasteiger partial charge in [-0.1, -0.05) is 46.3 Å². The number of amides is 1. The number of carbonyl (C=O) groups is 3. The highest BCUT2D eigenvalue weighted by Crippen LogP contribution is 2.74. The molecule has 0 heterocycles. The first-order valence-corrected chi connectivity index (χ1v) is 16.1. The number of hydrogen-bond acceptors (Lipinski definition) is 7. The number of fused-ring (bicyclic) bond motifs is 5. The molecule has 4 rings (SSSR count). The molecule has 1 amide bonds. The molecule has 4 fully saturated rings. The van der Waals surface area contributed by atoms with Crippen molar-refractivity contribution in [3.63, 3.8) is 0 Å². The van der Waals surface area contributed by atoms with Gasteiger partial charge in [0.25, 0.3) is 5.91 Å². The fourth-order valence-electron chi connectivity index (χ4n) is 10.3. The van der Waals surface area contributed by atoms with Crippen molar-refractivity contribution in [2.24, 2.45) is 45.8 Å². The number of hydrazine groups is 1. The Hall–Kier alpha value is -2.19. The Morgan fingerprint density at radius 1 is 1.07 bits per heavy atom. The van der Waals surface area contributed by atoms with Crippen LogP contribution in [0.2, 0.25) is 0 Å². The van der Waals surface area contributed by atoms with E-state index in [9.17, 15) is 19.5 Å². The lowest BCUT2D eigenvalue weighted by Gasteiger charge is -2.69. The van der Waals surface area contributed by atoms with Crippen molar-refractivity contribution in [2.45, 2.75) is 131 Å². The van der Waals surface area contributed by atoms with Crippen LogP contribution in [-0.2, 0) is 23.9 Å². The highest BCUT2D eigenvalue weighted by Gasteiger charge is 2.71. The molecule has 0 saturated heterocycles. The molecule has 0 bridgehead atoms. The van der Waals surface area contributed by atoms with Crippen molar-refractivity contribution >= 4 is 17.8 Å². The minimum absolute atomic E-state index is 0.0325. The molecular formula is C34H54N2O6. The van der Waals surface area contributed by atoms with E-state index in [4.69, 9.17) is 15.3 Å². The topological polar surface area (TPSA) is 128 Å². The summed E-state index contributed by atoms with van der Waals surface area (Å²) in [7, 11) is 0. The van der Waals surface area contributed by atoms with E-state index >= 15 is 0 Å². The summed E-state index contributed by atoms with van der Waals surface area (Å²) in [5.41, 5.74) is 4.26. The number of nitrogens with two attached hydrogens (primary N) is 1. The van der Waals surface area contributed by atoms with Gasteiger partial charge in [0.05, 0.1) is 6.10 Å². The summed E-state index contributed by atoms with van der Waals surface area (Å²) in [5.74, 6) is 5.29. The van der Waals surface area contributed by atoms with Gasteiger partial charge in [0.15, 0.2) is 0 Å². The average molecular weight is 587 g/mol. The second kappa shape index (κ2) is 12.1. The monoisotopic (exact) mass is 586 g/mol. The molecular weight excluding hydrogens is 532 g/mol. The average Bonchev–Trinajstić information content (AvgIpc) is 3.18. The third-order valence-electron chi connectivity index (χ3n) is 12.3. The molecule has 10 atom stereocenters. The van der Waals surface area contributed by atoms with Crippen LogP contribution in [0, 0.1) is 39.9 Å². The minimum Gasteiger partial charge on any atom is -0.462 e. The number of allylic oxidation sites excluding steroid dienone is 2. The van der Waals surface area contributed by atoms with Crippen LogP contribution >= 0.6 is 0 Å². The zero-order valence-corrected chi connectivity index (χ0v) is 27.0. The molecule has 4 saturated carbocycles. The normalized spacial score (nSPS) is 41.9. The van der Waals surface area contributed by atoms with E-state index in [1.165, 1.54) is 12.5 Å². The van der Waals surface area contributed by atoms with Crippen LogP contribution in [0.1, 0.15) is 113 Å². The van der Waals surface area contributed by atoms with Gasteiger partial charge in [-0.2, -0.15) is 0 Å². The molecule has 42 heavy (non-hydrogen) atoms. The zero-order valence-electron chi connectivity index (χ0n) is 27.0. The zero-order chi connectivity index (χ0) is 31.2. The number of hydrogen-bond donors (Lipinski definition) is 3. The standard InChI is InChI=1S/C34H54N2O6/c1-9-28(39)42-26-14-15-32(6)23(20(26)4)13-16-33(7)30(32)25(38)17-24-29(27(41-21(5)37)18-34(24,33)8)22(31(40)36-35)12-10-11-19(2)3/h11,20,23-27,30,38H,9-10,12-18,35H2,1-8H3,(H,36,40)/b29-22-/t20-,23-,24-,25+,26+,27-,30?,32-,33-,34-/m0/s1. The highest BCUT2D eigenvalue weighted by molar-refractivity contribution is 5.94. The first-order chi connectivity index (χ1) is 19.6. The Morgan fingerprint density at radius 2 is 1.76 bits per heavy atom. The largest absolute Gasteiger partial charge is 0.462 e. The van der Waals surface area contributed by atoms with Crippen molar-refractivity contribution in [2.75, 3.05) is 0 Å². The molecule has 8 heteroatoms. The van der Waals surface area contributed by atoms with Gasteiger partial charge in [0.1, 0.15) is 12.2 Å². The first-order valence-electron chi connectivity index (χ1n) is 16.1. The van der Waals surface area contributed by atoms with Crippen molar-refractivity contribution in [3.05, 3.63) is 22.8 Å². The number of aliphatic hydroxyl groups is 1. The number of ether oxygens (including phenoxy) is 2. The molecule has 0 aliphatic heterocycles. The van der Waals surface area contributed by atoms with E-state index in [0.29, 0.717) is 43.6 Å². The molecule has 0 spiro atoms. The molecule has 4 aliphatic carbocycles. The summed E-state index contributed by atoms with van der Waals surface area (Å²) in [5, 5.41) is 12.1. The Morgan fingerprint density at radius 3 is 2.36 bits per heavy atom. The number of nitrogens with one attached hydrogen (secondary N) is 1. The maximum atomic E-state index is 13.3. The van der Waals surface area contributed by atoms with E-state index in [0.717, 1.165) is 31.3 Å². The van der Waals surface area contributed by atoms with Crippen LogP contribution in [0.15, 0.2) is 22.8 Å². The van der Waals surface area contributed by atoms with E-state index in [1.807, 2.05) is 20.8 Å². The minimum atomic E-state index is -0.575.